The minimum atomic E-state index is -0.422. The van der Waals surface area contributed by atoms with Gasteiger partial charge < -0.3 is 15.1 Å². The lowest BCUT2D eigenvalue weighted by atomic mass is 10.1. The Morgan fingerprint density at radius 3 is 2.48 bits per heavy atom. The number of nitrogens with two attached hydrogens (primary N) is 1. The average Bonchev–Trinajstić information content (AvgIpc) is 2.52. The maximum Gasteiger partial charge on any atom is 0.295 e. The van der Waals surface area contributed by atoms with Crippen molar-refractivity contribution >= 4 is 27.6 Å². The number of nitrogen functional groups attached to an aromatic ring is 1. The number of piperidine rings is 1. The molecule has 5 nitrogen and oxygen atoms in total. The van der Waals surface area contributed by atoms with Crippen molar-refractivity contribution in [3.8, 4) is 11.3 Å². The maximum absolute atomic E-state index is 11.6. The molecule has 0 radical (unpaired) electrons. The van der Waals surface area contributed by atoms with Crippen LogP contribution in [0.1, 0.15) is 19.3 Å². The first kappa shape index (κ1) is 14.1. The third kappa shape index (κ3) is 2.95. The van der Waals surface area contributed by atoms with Crippen LogP contribution in [0.4, 0.5) is 11.7 Å². The van der Waals surface area contributed by atoms with Gasteiger partial charge in [-0.2, -0.15) is 4.98 Å². The smallest absolute Gasteiger partial charge is 0.295 e. The summed E-state index contributed by atoms with van der Waals surface area (Å²) in [5.41, 5.74) is 7.08. The predicted octanol–water partition coefficient (Wildman–Crippen LogP) is 3.04. The zero-order valence-electron chi connectivity index (χ0n) is 11.5. The number of nitrogens with zero attached hydrogens (tertiary/aromatic N) is 2. The van der Waals surface area contributed by atoms with Gasteiger partial charge in [-0.05, 0) is 59.5 Å². The van der Waals surface area contributed by atoms with Crippen molar-refractivity contribution in [2.45, 2.75) is 19.3 Å². The third-order valence-corrected chi connectivity index (χ3v) is 4.36. The van der Waals surface area contributed by atoms with E-state index in [2.05, 4.69) is 25.8 Å². The van der Waals surface area contributed by atoms with Crippen molar-refractivity contribution in [1.82, 2.24) is 4.98 Å². The van der Waals surface area contributed by atoms with Crippen molar-refractivity contribution in [2.24, 2.45) is 0 Å². The molecule has 2 N–H and O–H groups in total. The van der Waals surface area contributed by atoms with E-state index in [0.717, 1.165) is 18.7 Å². The largest absolute Gasteiger partial charge is 0.424 e. The highest BCUT2D eigenvalue weighted by atomic mass is 79.9. The maximum atomic E-state index is 11.6. The molecule has 0 amide bonds. The van der Waals surface area contributed by atoms with Crippen molar-refractivity contribution in [3.05, 3.63) is 39.1 Å². The summed E-state index contributed by atoms with van der Waals surface area (Å²) in [4.78, 5) is 17.6. The van der Waals surface area contributed by atoms with Gasteiger partial charge in [0, 0.05) is 24.3 Å². The molecule has 2 heterocycles. The van der Waals surface area contributed by atoms with Gasteiger partial charge in [-0.25, -0.2) is 0 Å². The molecule has 1 fully saturated rings. The van der Waals surface area contributed by atoms with Crippen molar-refractivity contribution in [3.63, 3.8) is 0 Å². The molecule has 0 bridgehead atoms. The number of aromatic nitrogens is 1. The van der Waals surface area contributed by atoms with Gasteiger partial charge in [0.05, 0.1) is 0 Å². The van der Waals surface area contributed by atoms with Crippen LogP contribution in [-0.2, 0) is 0 Å². The van der Waals surface area contributed by atoms with E-state index in [1.54, 1.807) is 0 Å². The summed E-state index contributed by atoms with van der Waals surface area (Å²) in [6, 6.07) is 7.84. The van der Waals surface area contributed by atoms with E-state index in [4.69, 9.17) is 10.2 Å². The van der Waals surface area contributed by atoms with E-state index in [1.165, 1.54) is 24.9 Å². The summed E-state index contributed by atoms with van der Waals surface area (Å²) >= 11 is 3.21. The molecule has 0 aliphatic carbocycles. The lowest BCUT2D eigenvalue weighted by Crippen LogP contribution is -2.29. The minimum Gasteiger partial charge on any atom is -0.424 e. The van der Waals surface area contributed by atoms with E-state index in [9.17, 15) is 4.79 Å². The van der Waals surface area contributed by atoms with Gasteiger partial charge in [0.25, 0.3) is 11.6 Å². The monoisotopic (exact) mass is 349 g/mol. The number of hydrogen-bond donors (Lipinski definition) is 1. The Kier molecular flexibility index (Phi) is 3.96. The SMILES string of the molecule is Nc1nc(=O)c(Br)c(-c2ccc(N3CCCCC3)cc2)o1. The number of benzene rings is 1. The quantitative estimate of drug-likeness (QED) is 0.901. The molecule has 21 heavy (non-hydrogen) atoms. The van der Waals surface area contributed by atoms with Crippen LogP contribution in [0.3, 0.4) is 0 Å². The van der Waals surface area contributed by atoms with Gasteiger partial charge in [0.15, 0.2) is 5.76 Å². The zero-order chi connectivity index (χ0) is 14.8. The molecular weight excluding hydrogens is 334 g/mol. The molecule has 2 aromatic rings. The third-order valence-electron chi connectivity index (χ3n) is 3.66. The van der Waals surface area contributed by atoms with Gasteiger partial charge in [-0.15, -0.1) is 0 Å². The Morgan fingerprint density at radius 2 is 1.81 bits per heavy atom. The summed E-state index contributed by atoms with van der Waals surface area (Å²) in [7, 11) is 0. The number of halogens is 1. The van der Waals surface area contributed by atoms with Crippen LogP contribution >= 0.6 is 15.9 Å². The second-order valence-corrected chi connectivity index (χ2v) is 5.89. The Labute approximate surface area is 130 Å². The second-order valence-electron chi connectivity index (χ2n) is 5.09. The van der Waals surface area contributed by atoms with Crippen molar-refractivity contribution in [2.75, 3.05) is 23.7 Å². The molecule has 1 aliphatic rings. The van der Waals surface area contributed by atoms with E-state index in [-0.39, 0.29) is 6.01 Å². The molecule has 3 rings (SSSR count). The Bertz CT molecular complexity index is 691. The Balaban J connectivity index is 1.92. The number of hydrogen-bond acceptors (Lipinski definition) is 5. The molecule has 6 heteroatoms. The highest BCUT2D eigenvalue weighted by molar-refractivity contribution is 9.10. The highest BCUT2D eigenvalue weighted by Crippen LogP contribution is 2.29. The normalized spacial score (nSPS) is 15.2. The van der Waals surface area contributed by atoms with E-state index >= 15 is 0 Å². The van der Waals surface area contributed by atoms with Gasteiger partial charge in [0.1, 0.15) is 4.47 Å². The fraction of sp³-hybridized carbons (Fsp3) is 0.333. The van der Waals surface area contributed by atoms with Crippen LogP contribution in [0.25, 0.3) is 11.3 Å². The Hall–Kier alpha value is -1.82. The van der Waals surface area contributed by atoms with Gasteiger partial charge in [-0.3, -0.25) is 4.79 Å². The summed E-state index contributed by atoms with van der Waals surface area (Å²) in [5.74, 6) is 0.415. The lowest BCUT2D eigenvalue weighted by molar-refractivity contribution is 0.560. The first-order valence-electron chi connectivity index (χ1n) is 6.96. The zero-order valence-corrected chi connectivity index (χ0v) is 13.1. The molecule has 0 atom stereocenters. The first-order chi connectivity index (χ1) is 10.1. The fourth-order valence-corrected chi connectivity index (χ4v) is 2.98. The van der Waals surface area contributed by atoms with Crippen LogP contribution in [0.2, 0.25) is 0 Å². The summed E-state index contributed by atoms with van der Waals surface area (Å²) in [6.07, 6.45) is 3.79. The summed E-state index contributed by atoms with van der Waals surface area (Å²) in [6.45, 7) is 2.20. The van der Waals surface area contributed by atoms with Crippen LogP contribution in [-0.4, -0.2) is 18.1 Å². The standard InChI is InChI=1S/C15H16BrN3O2/c16-12-13(21-15(17)18-14(12)20)10-4-6-11(7-5-10)19-8-2-1-3-9-19/h4-7H,1-3,8-9H2,(H2,17,18,20). The molecule has 110 valence electrons. The lowest BCUT2D eigenvalue weighted by Gasteiger charge is -2.28. The van der Waals surface area contributed by atoms with Crippen LogP contribution < -0.4 is 16.2 Å². The van der Waals surface area contributed by atoms with Gasteiger partial charge in [0.2, 0.25) is 0 Å². The van der Waals surface area contributed by atoms with Crippen molar-refractivity contribution < 1.29 is 4.42 Å². The number of rotatable bonds is 2. The molecule has 1 aromatic heterocycles. The first-order valence-corrected chi connectivity index (χ1v) is 7.76. The highest BCUT2D eigenvalue weighted by Gasteiger charge is 2.14. The second kappa shape index (κ2) is 5.89. The summed E-state index contributed by atoms with van der Waals surface area (Å²) in [5, 5.41) is 0. The molecule has 1 aromatic carbocycles. The minimum absolute atomic E-state index is 0.127. The Morgan fingerprint density at radius 1 is 1.14 bits per heavy atom. The van der Waals surface area contributed by atoms with Crippen LogP contribution in [0.15, 0.2) is 37.9 Å². The van der Waals surface area contributed by atoms with Crippen LogP contribution in [0, 0.1) is 0 Å². The molecule has 0 saturated carbocycles. The fourth-order valence-electron chi connectivity index (χ4n) is 2.58. The van der Waals surface area contributed by atoms with E-state index in [0.29, 0.717) is 10.2 Å². The topological polar surface area (TPSA) is 72.4 Å². The molecule has 1 aliphatic heterocycles. The number of anilines is 2. The summed E-state index contributed by atoms with van der Waals surface area (Å²) < 4.78 is 5.66. The average molecular weight is 350 g/mol. The van der Waals surface area contributed by atoms with Crippen LogP contribution in [0.5, 0.6) is 0 Å². The van der Waals surface area contributed by atoms with Crippen molar-refractivity contribution in [1.29, 1.82) is 0 Å². The van der Waals surface area contributed by atoms with Gasteiger partial charge >= 0.3 is 0 Å². The molecule has 0 unspecified atom stereocenters. The molecule has 0 spiro atoms. The molecular formula is C15H16BrN3O2. The van der Waals surface area contributed by atoms with E-state index < -0.39 is 5.56 Å². The van der Waals surface area contributed by atoms with E-state index in [1.807, 2.05) is 24.3 Å². The van der Waals surface area contributed by atoms with Gasteiger partial charge in [-0.1, -0.05) is 0 Å². The predicted molar refractivity (Wildman–Crippen MR) is 86.4 cm³/mol. The molecule has 1 saturated heterocycles.